The highest BCUT2D eigenvalue weighted by Gasteiger charge is 2.27. The zero-order valence-corrected chi connectivity index (χ0v) is 20.1. The lowest BCUT2D eigenvalue weighted by atomic mass is 10.0. The summed E-state index contributed by atoms with van der Waals surface area (Å²) in [4.78, 5) is 12.9. The van der Waals surface area contributed by atoms with Crippen LogP contribution in [0.4, 0.5) is 0 Å². The quantitative estimate of drug-likeness (QED) is 0.320. The van der Waals surface area contributed by atoms with Crippen molar-refractivity contribution in [3.05, 3.63) is 58.9 Å². The minimum absolute atomic E-state index is 0. The molecular formula is C21H27IN6S. The first-order chi connectivity index (χ1) is 13.6. The molecule has 29 heavy (non-hydrogen) atoms. The van der Waals surface area contributed by atoms with E-state index >= 15 is 0 Å². The summed E-state index contributed by atoms with van der Waals surface area (Å²) in [5, 5.41) is 8.92. The van der Waals surface area contributed by atoms with Crippen molar-refractivity contribution in [1.29, 1.82) is 0 Å². The van der Waals surface area contributed by atoms with E-state index in [0.717, 1.165) is 42.7 Å². The highest BCUT2D eigenvalue weighted by atomic mass is 127. The van der Waals surface area contributed by atoms with Crippen molar-refractivity contribution in [2.75, 3.05) is 20.1 Å². The van der Waals surface area contributed by atoms with Gasteiger partial charge in [-0.25, -0.2) is 4.98 Å². The Kier molecular flexibility index (Phi) is 7.28. The van der Waals surface area contributed by atoms with E-state index in [0.29, 0.717) is 5.92 Å². The van der Waals surface area contributed by atoms with Crippen LogP contribution in [0, 0.1) is 6.92 Å². The molecule has 4 rings (SSSR count). The van der Waals surface area contributed by atoms with Crippen molar-refractivity contribution >= 4 is 41.3 Å². The van der Waals surface area contributed by atoms with E-state index in [9.17, 15) is 0 Å². The molecule has 1 aromatic carbocycles. The van der Waals surface area contributed by atoms with Gasteiger partial charge in [-0.3, -0.25) is 9.67 Å². The number of aliphatic imine (C=N–C) groups is 1. The number of benzene rings is 1. The molecule has 1 fully saturated rings. The number of aryl methyl sites for hydroxylation is 2. The molecule has 1 aliphatic heterocycles. The van der Waals surface area contributed by atoms with Gasteiger partial charge >= 0.3 is 0 Å². The number of hydrogen-bond acceptors (Lipinski definition) is 4. The van der Waals surface area contributed by atoms with Crippen molar-refractivity contribution in [1.82, 2.24) is 25.0 Å². The molecule has 3 aromatic rings. The number of thiazole rings is 1. The van der Waals surface area contributed by atoms with E-state index in [4.69, 9.17) is 4.98 Å². The van der Waals surface area contributed by atoms with Crippen LogP contribution in [0.2, 0.25) is 0 Å². The summed E-state index contributed by atoms with van der Waals surface area (Å²) < 4.78 is 1.88. The molecule has 0 aliphatic carbocycles. The molecule has 0 radical (unpaired) electrons. The van der Waals surface area contributed by atoms with Crippen LogP contribution in [-0.2, 0) is 13.6 Å². The van der Waals surface area contributed by atoms with Crippen LogP contribution < -0.4 is 5.32 Å². The topological polar surface area (TPSA) is 58.3 Å². The summed E-state index contributed by atoms with van der Waals surface area (Å²) in [6.07, 6.45) is 5.23. The summed E-state index contributed by atoms with van der Waals surface area (Å²) in [5.41, 5.74) is 3.57. The van der Waals surface area contributed by atoms with Gasteiger partial charge in [-0.2, -0.15) is 5.10 Å². The zero-order valence-electron chi connectivity index (χ0n) is 17.0. The summed E-state index contributed by atoms with van der Waals surface area (Å²) in [6.45, 7) is 4.81. The van der Waals surface area contributed by atoms with Gasteiger partial charge in [-0.05, 0) is 18.9 Å². The number of nitrogens with zero attached hydrogens (tertiary/aromatic N) is 5. The van der Waals surface area contributed by atoms with Gasteiger partial charge in [0.1, 0.15) is 5.01 Å². The summed E-state index contributed by atoms with van der Waals surface area (Å²) >= 11 is 1.75. The molecule has 3 heterocycles. The third-order valence-electron chi connectivity index (χ3n) is 5.22. The minimum atomic E-state index is 0. The molecule has 154 valence electrons. The van der Waals surface area contributed by atoms with Gasteiger partial charge in [0.2, 0.25) is 0 Å². The monoisotopic (exact) mass is 522 g/mol. The Morgan fingerprint density at radius 3 is 2.79 bits per heavy atom. The fourth-order valence-corrected chi connectivity index (χ4v) is 4.67. The Morgan fingerprint density at radius 1 is 1.31 bits per heavy atom. The third kappa shape index (κ3) is 4.98. The fraction of sp³-hybridized carbons (Fsp3) is 0.381. The second-order valence-corrected chi connectivity index (χ2v) is 8.26. The molecule has 0 bridgehead atoms. The van der Waals surface area contributed by atoms with E-state index in [1.165, 1.54) is 16.0 Å². The highest BCUT2D eigenvalue weighted by molar-refractivity contribution is 14.0. The molecule has 1 aliphatic rings. The first-order valence-electron chi connectivity index (χ1n) is 9.60. The normalized spacial score (nSPS) is 16.7. The average molecular weight is 522 g/mol. The molecule has 0 amide bonds. The number of hydrogen-bond donors (Lipinski definition) is 1. The Balaban J connectivity index is 0.00000240. The molecule has 1 unspecified atom stereocenters. The number of guanidine groups is 1. The molecule has 1 N–H and O–H groups in total. The van der Waals surface area contributed by atoms with E-state index in [2.05, 4.69) is 57.7 Å². The van der Waals surface area contributed by atoms with Gasteiger partial charge in [0.25, 0.3) is 0 Å². The first-order valence-corrected chi connectivity index (χ1v) is 10.4. The van der Waals surface area contributed by atoms with E-state index in [-0.39, 0.29) is 24.0 Å². The van der Waals surface area contributed by atoms with Crippen molar-refractivity contribution in [3.63, 3.8) is 0 Å². The molecule has 0 spiro atoms. The lowest BCUT2D eigenvalue weighted by molar-refractivity contribution is 0.486. The Labute approximate surface area is 193 Å². The molecule has 1 atom stereocenters. The van der Waals surface area contributed by atoms with Crippen LogP contribution in [0.25, 0.3) is 10.6 Å². The smallest absolute Gasteiger partial charge is 0.193 e. The van der Waals surface area contributed by atoms with Crippen LogP contribution in [0.15, 0.2) is 47.7 Å². The van der Waals surface area contributed by atoms with Gasteiger partial charge in [0, 0.05) is 49.7 Å². The number of halogens is 1. The highest BCUT2D eigenvalue weighted by Crippen LogP contribution is 2.29. The number of rotatable bonds is 4. The molecule has 1 saturated heterocycles. The standard InChI is InChI=1S/C21H26N6S.HI/c1-15-19(28-20(25-15)16-7-5-4-6-8-16)12-23-21(22-2)27-10-9-17(14-27)18-11-24-26(3)13-18;/h4-8,11,13,17H,9-10,12,14H2,1-3H3,(H,22,23);1H. The number of likely N-dealkylation sites (tertiary alicyclic amines) is 1. The number of nitrogens with one attached hydrogen (secondary N) is 1. The molecule has 0 saturated carbocycles. The lowest BCUT2D eigenvalue weighted by Gasteiger charge is -2.21. The maximum atomic E-state index is 4.75. The van der Waals surface area contributed by atoms with Gasteiger partial charge in [-0.15, -0.1) is 35.3 Å². The van der Waals surface area contributed by atoms with Crippen molar-refractivity contribution in [2.45, 2.75) is 25.8 Å². The average Bonchev–Trinajstić information content (AvgIpc) is 3.44. The zero-order chi connectivity index (χ0) is 19.5. The van der Waals surface area contributed by atoms with Crippen molar-refractivity contribution < 1.29 is 0 Å². The largest absolute Gasteiger partial charge is 0.351 e. The van der Waals surface area contributed by atoms with E-state index in [1.54, 1.807) is 11.3 Å². The molecule has 2 aromatic heterocycles. The van der Waals surface area contributed by atoms with E-state index < -0.39 is 0 Å². The predicted octanol–water partition coefficient (Wildman–Crippen LogP) is 4.03. The molecule has 8 heteroatoms. The summed E-state index contributed by atoms with van der Waals surface area (Å²) in [5.74, 6) is 1.47. The Hall–Kier alpha value is -1.94. The Bertz CT molecular complexity index is 965. The summed E-state index contributed by atoms with van der Waals surface area (Å²) in [7, 11) is 3.83. The second kappa shape index (κ2) is 9.71. The number of aromatic nitrogens is 3. The van der Waals surface area contributed by atoms with Crippen LogP contribution in [-0.4, -0.2) is 45.8 Å². The SMILES string of the molecule is CN=C(NCc1sc(-c2ccccc2)nc1C)N1CCC(c2cnn(C)c2)C1.I. The maximum absolute atomic E-state index is 4.75. The lowest BCUT2D eigenvalue weighted by Crippen LogP contribution is -2.39. The van der Waals surface area contributed by atoms with Gasteiger partial charge < -0.3 is 10.2 Å². The summed E-state index contributed by atoms with van der Waals surface area (Å²) in [6, 6.07) is 10.4. The van der Waals surface area contributed by atoms with E-state index in [1.807, 2.05) is 31.0 Å². The molecular weight excluding hydrogens is 495 g/mol. The fourth-order valence-electron chi connectivity index (χ4n) is 3.66. The van der Waals surface area contributed by atoms with Crippen LogP contribution in [0.3, 0.4) is 0 Å². The Morgan fingerprint density at radius 2 is 2.10 bits per heavy atom. The minimum Gasteiger partial charge on any atom is -0.351 e. The second-order valence-electron chi connectivity index (χ2n) is 7.17. The maximum Gasteiger partial charge on any atom is 0.193 e. The third-order valence-corrected chi connectivity index (χ3v) is 6.42. The van der Waals surface area contributed by atoms with Crippen LogP contribution in [0.5, 0.6) is 0 Å². The molecule has 6 nitrogen and oxygen atoms in total. The predicted molar refractivity (Wildman–Crippen MR) is 130 cm³/mol. The van der Waals surface area contributed by atoms with Crippen LogP contribution >= 0.6 is 35.3 Å². The van der Waals surface area contributed by atoms with Gasteiger partial charge in [0.15, 0.2) is 5.96 Å². The van der Waals surface area contributed by atoms with Gasteiger partial charge in [0.05, 0.1) is 18.4 Å². The first kappa shape index (κ1) is 21.8. The van der Waals surface area contributed by atoms with Crippen molar-refractivity contribution in [2.24, 2.45) is 12.0 Å². The van der Waals surface area contributed by atoms with Crippen LogP contribution in [0.1, 0.15) is 28.5 Å². The van der Waals surface area contributed by atoms with Crippen molar-refractivity contribution in [3.8, 4) is 10.6 Å². The van der Waals surface area contributed by atoms with Gasteiger partial charge in [-0.1, -0.05) is 30.3 Å².